The summed E-state index contributed by atoms with van der Waals surface area (Å²) in [6, 6.07) is 0. The summed E-state index contributed by atoms with van der Waals surface area (Å²) >= 11 is 3.10. The van der Waals surface area contributed by atoms with Crippen LogP contribution < -0.4 is 11.3 Å². The highest BCUT2D eigenvalue weighted by Gasteiger charge is 1.83. The van der Waals surface area contributed by atoms with E-state index in [0.29, 0.717) is 5.33 Å². The number of alkyl halides is 1. The lowest BCUT2D eigenvalue weighted by molar-refractivity contribution is -0.116. The molecule has 0 heterocycles. The molecule has 0 aromatic heterocycles. The highest BCUT2D eigenvalue weighted by molar-refractivity contribution is 9.09. The summed E-state index contributed by atoms with van der Waals surface area (Å²) in [5.74, 6) is 4.46. The van der Waals surface area contributed by atoms with Gasteiger partial charge < -0.3 is 0 Å². The molecule has 3 nitrogen and oxygen atoms in total. The number of nitrogens with two attached hydrogens (primary N) is 1. The topological polar surface area (TPSA) is 55.1 Å². The molecule has 0 radical (unpaired) electrons. The molecule has 0 aromatic rings. The van der Waals surface area contributed by atoms with Gasteiger partial charge in [0.05, 0.1) is 0 Å². The van der Waals surface area contributed by atoms with Gasteiger partial charge in [-0.05, 0) is 0 Å². The van der Waals surface area contributed by atoms with E-state index in [9.17, 15) is 4.79 Å². The first-order chi connectivity index (χ1) is 3.81. The van der Waals surface area contributed by atoms with Crippen LogP contribution >= 0.6 is 15.9 Å². The summed E-state index contributed by atoms with van der Waals surface area (Å²) in [6.07, 6.45) is 3.01. The van der Waals surface area contributed by atoms with Gasteiger partial charge in [0.15, 0.2) is 0 Å². The Morgan fingerprint density at radius 2 is 2.50 bits per heavy atom. The smallest absolute Gasteiger partial charge is 0.257 e. The Morgan fingerprint density at radius 1 is 1.88 bits per heavy atom. The lowest BCUT2D eigenvalue weighted by atomic mass is 10.5. The number of allylic oxidation sites excluding steroid dienone is 1. The molecule has 0 aliphatic carbocycles. The van der Waals surface area contributed by atoms with E-state index in [0.717, 1.165) is 0 Å². The molecule has 0 fully saturated rings. The Labute approximate surface area is 56.0 Å². The first kappa shape index (κ1) is 7.65. The minimum atomic E-state index is -0.288. The number of carbonyl (C=O) groups is 1. The van der Waals surface area contributed by atoms with Crippen LogP contribution in [0, 0.1) is 0 Å². The quantitative estimate of drug-likeness (QED) is 0.205. The van der Waals surface area contributed by atoms with Gasteiger partial charge in [-0.25, -0.2) is 5.84 Å². The van der Waals surface area contributed by atoms with E-state index in [4.69, 9.17) is 5.84 Å². The summed E-state index contributed by atoms with van der Waals surface area (Å²) in [5, 5.41) is 0.667. The van der Waals surface area contributed by atoms with Gasteiger partial charge in [-0.15, -0.1) is 0 Å². The Hall–Kier alpha value is -0.350. The average molecular weight is 179 g/mol. The number of hydrogen-bond donors (Lipinski definition) is 2. The molecule has 0 saturated heterocycles. The summed E-state index contributed by atoms with van der Waals surface area (Å²) in [6.45, 7) is 0. The Balaban J connectivity index is 3.37. The number of amides is 1. The minimum Gasteiger partial charge on any atom is -0.291 e. The lowest BCUT2D eigenvalue weighted by Gasteiger charge is -1.85. The van der Waals surface area contributed by atoms with Crippen molar-refractivity contribution in [2.24, 2.45) is 5.84 Å². The molecule has 4 heteroatoms. The Morgan fingerprint density at radius 3 is 2.88 bits per heavy atom. The van der Waals surface area contributed by atoms with E-state index in [-0.39, 0.29) is 5.91 Å². The number of hydrazine groups is 1. The van der Waals surface area contributed by atoms with Gasteiger partial charge >= 0.3 is 0 Å². The van der Waals surface area contributed by atoms with Gasteiger partial charge in [-0.1, -0.05) is 22.0 Å². The molecule has 46 valence electrons. The summed E-state index contributed by atoms with van der Waals surface area (Å²) in [7, 11) is 0. The maximum Gasteiger partial charge on any atom is 0.257 e. The number of rotatable bonds is 2. The van der Waals surface area contributed by atoms with Crippen LogP contribution in [0.15, 0.2) is 12.2 Å². The van der Waals surface area contributed by atoms with E-state index in [2.05, 4.69) is 15.9 Å². The van der Waals surface area contributed by atoms with Crippen molar-refractivity contribution in [3.63, 3.8) is 0 Å². The fourth-order valence-corrected chi connectivity index (χ4v) is 0.387. The number of carbonyl (C=O) groups excluding carboxylic acids is 1. The van der Waals surface area contributed by atoms with Crippen molar-refractivity contribution >= 4 is 21.8 Å². The van der Waals surface area contributed by atoms with E-state index < -0.39 is 0 Å². The molecule has 0 atom stereocenters. The first-order valence-electron chi connectivity index (χ1n) is 2.04. The van der Waals surface area contributed by atoms with Crippen molar-refractivity contribution in [1.82, 2.24) is 5.43 Å². The van der Waals surface area contributed by atoms with Crippen LogP contribution in [0.1, 0.15) is 0 Å². The van der Waals surface area contributed by atoms with Crippen molar-refractivity contribution in [3.05, 3.63) is 12.2 Å². The second-order valence-corrected chi connectivity index (χ2v) is 1.71. The molecule has 3 N–H and O–H groups in total. The second-order valence-electron chi connectivity index (χ2n) is 1.07. The number of hydrogen-bond acceptors (Lipinski definition) is 2. The molecule has 0 unspecified atom stereocenters. The zero-order chi connectivity index (χ0) is 6.41. The average Bonchev–Trinajstić information content (AvgIpc) is 1.83. The summed E-state index contributed by atoms with van der Waals surface area (Å²) < 4.78 is 0. The summed E-state index contributed by atoms with van der Waals surface area (Å²) in [4.78, 5) is 10.2. The molecule has 0 aliphatic rings. The van der Waals surface area contributed by atoms with Crippen LogP contribution in [-0.4, -0.2) is 11.2 Å². The van der Waals surface area contributed by atoms with Crippen molar-refractivity contribution in [2.45, 2.75) is 0 Å². The van der Waals surface area contributed by atoms with Gasteiger partial charge in [-0.3, -0.25) is 10.2 Å². The molecule has 0 bridgehead atoms. The fourth-order valence-electron chi connectivity index (χ4n) is 0.200. The van der Waals surface area contributed by atoms with Crippen LogP contribution in [0.25, 0.3) is 0 Å². The van der Waals surface area contributed by atoms with E-state index in [1.807, 2.05) is 5.43 Å². The predicted molar refractivity (Wildman–Crippen MR) is 35.3 cm³/mol. The third-order valence-corrected chi connectivity index (χ3v) is 0.874. The van der Waals surface area contributed by atoms with Gasteiger partial charge in [0, 0.05) is 11.4 Å². The highest BCUT2D eigenvalue weighted by atomic mass is 79.9. The monoisotopic (exact) mass is 178 g/mol. The SMILES string of the molecule is NNC(=O)/C=C/CBr. The van der Waals surface area contributed by atoms with Gasteiger partial charge in [0.2, 0.25) is 0 Å². The second kappa shape index (κ2) is 4.80. The zero-order valence-corrected chi connectivity index (χ0v) is 5.81. The molecule has 0 saturated carbocycles. The molecule has 0 aliphatic heterocycles. The van der Waals surface area contributed by atoms with E-state index >= 15 is 0 Å². The van der Waals surface area contributed by atoms with Crippen LogP contribution in [0.3, 0.4) is 0 Å². The zero-order valence-electron chi connectivity index (χ0n) is 4.23. The Bertz CT molecular complexity index is 102. The maximum absolute atomic E-state index is 10.2. The van der Waals surface area contributed by atoms with Crippen LogP contribution in [-0.2, 0) is 4.79 Å². The van der Waals surface area contributed by atoms with Crippen LogP contribution in [0.4, 0.5) is 0 Å². The molecule has 8 heavy (non-hydrogen) atoms. The van der Waals surface area contributed by atoms with Crippen LogP contribution in [0.2, 0.25) is 0 Å². The molecule has 1 amide bonds. The lowest BCUT2D eigenvalue weighted by Crippen LogP contribution is -2.27. The molecular weight excluding hydrogens is 172 g/mol. The van der Waals surface area contributed by atoms with Gasteiger partial charge in [-0.2, -0.15) is 0 Å². The van der Waals surface area contributed by atoms with Crippen molar-refractivity contribution in [1.29, 1.82) is 0 Å². The fraction of sp³-hybridized carbons (Fsp3) is 0.250. The van der Waals surface area contributed by atoms with Gasteiger partial charge in [0.1, 0.15) is 0 Å². The molecule has 0 spiro atoms. The van der Waals surface area contributed by atoms with E-state index in [1.165, 1.54) is 6.08 Å². The molecular formula is C4H7BrN2O. The van der Waals surface area contributed by atoms with Crippen molar-refractivity contribution in [3.8, 4) is 0 Å². The minimum absolute atomic E-state index is 0.288. The largest absolute Gasteiger partial charge is 0.291 e. The number of nitrogens with one attached hydrogen (secondary N) is 1. The third-order valence-electron chi connectivity index (χ3n) is 0.501. The van der Waals surface area contributed by atoms with Crippen molar-refractivity contribution < 1.29 is 4.79 Å². The van der Waals surface area contributed by atoms with Crippen molar-refractivity contribution in [2.75, 3.05) is 5.33 Å². The Kier molecular flexibility index (Phi) is 4.59. The third kappa shape index (κ3) is 3.83. The predicted octanol–water partition coefficient (Wildman–Crippen LogP) is -0.0726. The maximum atomic E-state index is 10.2. The molecule has 0 rings (SSSR count). The van der Waals surface area contributed by atoms with E-state index in [1.54, 1.807) is 6.08 Å². The van der Waals surface area contributed by atoms with Gasteiger partial charge in [0.25, 0.3) is 5.91 Å². The first-order valence-corrected chi connectivity index (χ1v) is 3.16. The number of halogens is 1. The standard InChI is InChI=1S/C4H7BrN2O/c5-3-1-2-4(8)7-6/h1-2H,3,6H2,(H,7,8)/b2-1+. The summed E-state index contributed by atoms with van der Waals surface area (Å²) in [5.41, 5.74) is 1.95. The highest BCUT2D eigenvalue weighted by Crippen LogP contribution is 1.79. The van der Waals surface area contributed by atoms with Crippen LogP contribution in [0.5, 0.6) is 0 Å². The molecule has 0 aromatic carbocycles. The normalized spacial score (nSPS) is 9.75.